The van der Waals surface area contributed by atoms with Crippen molar-refractivity contribution in [2.45, 2.75) is 39.8 Å². The van der Waals surface area contributed by atoms with Crippen molar-refractivity contribution in [2.75, 3.05) is 16.4 Å². The fourth-order valence-electron chi connectivity index (χ4n) is 3.44. The summed E-state index contributed by atoms with van der Waals surface area (Å²) in [5.74, 6) is -0.393. The van der Waals surface area contributed by atoms with Gasteiger partial charge in [-0.05, 0) is 62.6 Å². The van der Waals surface area contributed by atoms with Crippen molar-refractivity contribution in [3.63, 3.8) is 0 Å². The molecule has 0 radical (unpaired) electrons. The summed E-state index contributed by atoms with van der Waals surface area (Å²) in [6.45, 7) is 9.08. The molecule has 166 valence electrons. The minimum atomic E-state index is -0.450. The molecule has 0 aliphatic carbocycles. The number of amides is 2. The zero-order valence-corrected chi connectivity index (χ0v) is 19.4. The number of benzene rings is 2. The molecule has 1 heterocycles. The van der Waals surface area contributed by atoms with Crippen molar-refractivity contribution in [3.8, 4) is 11.3 Å². The topological polar surface area (TPSA) is 117 Å². The van der Waals surface area contributed by atoms with Crippen molar-refractivity contribution in [1.29, 1.82) is 0 Å². The third-order valence-electron chi connectivity index (χ3n) is 4.56. The maximum Gasteiger partial charge on any atom is 0.278 e. The number of carbonyl (C=O) groups excluding carboxylic acids is 2. The highest BCUT2D eigenvalue weighted by atomic mass is 32.2. The summed E-state index contributed by atoms with van der Waals surface area (Å²) in [7, 11) is 0. The largest absolute Gasteiger partial charge is 0.325 e. The summed E-state index contributed by atoms with van der Waals surface area (Å²) in [6.07, 6.45) is 0. The zero-order valence-electron chi connectivity index (χ0n) is 18.6. The summed E-state index contributed by atoms with van der Waals surface area (Å²) < 4.78 is 0. The molecule has 2 aromatic carbocycles. The second kappa shape index (κ2) is 9.78. The van der Waals surface area contributed by atoms with Crippen LogP contribution < -0.4 is 16.2 Å². The molecule has 0 unspecified atom stereocenters. The SMILES string of the molecule is CC(=O)Nc1c(C)cc(C)cc1-c1nnc(SCC(=O)Nc2cc(C)cc(C)c2)[nH]c1=O. The number of anilines is 2. The quantitative estimate of drug-likeness (QED) is 0.492. The van der Waals surface area contributed by atoms with Crippen LogP contribution in [0, 0.1) is 27.7 Å². The van der Waals surface area contributed by atoms with E-state index in [1.54, 1.807) is 6.07 Å². The maximum atomic E-state index is 12.7. The fraction of sp³-hybridized carbons (Fsp3) is 0.261. The lowest BCUT2D eigenvalue weighted by molar-refractivity contribution is -0.114. The van der Waals surface area contributed by atoms with Crippen LogP contribution in [0.25, 0.3) is 11.3 Å². The normalized spacial score (nSPS) is 10.7. The first-order valence-corrected chi connectivity index (χ1v) is 11.0. The highest BCUT2D eigenvalue weighted by molar-refractivity contribution is 7.99. The molecule has 8 nitrogen and oxygen atoms in total. The van der Waals surface area contributed by atoms with Gasteiger partial charge in [0.25, 0.3) is 5.56 Å². The average molecular weight is 452 g/mol. The molecule has 2 amide bonds. The molecule has 0 saturated carbocycles. The summed E-state index contributed by atoms with van der Waals surface area (Å²) in [5.41, 5.74) is 5.26. The molecular formula is C23H25N5O3S. The van der Waals surface area contributed by atoms with Gasteiger partial charge in [0.05, 0.1) is 11.4 Å². The average Bonchev–Trinajstić information content (AvgIpc) is 2.67. The van der Waals surface area contributed by atoms with Gasteiger partial charge < -0.3 is 10.6 Å². The number of nitrogens with one attached hydrogen (secondary N) is 3. The number of H-pyrrole nitrogens is 1. The Kier molecular flexibility index (Phi) is 7.09. The van der Waals surface area contributed by atoms with E-state index in [9.17, 15) is 14.4 Å². The van der Waals surface area contributed by atoms with E-state index >= 15 is 0 Å². The predicted octanol–water partition coefficient (Wildman–Crippen LogP) is 3.75. The highest BCUT2D eigenvalue weighted by Crippen LogP contribution is 2.29. The van der Waals surface area contributed by atoms with Crippen molar-refractivity contribution < 1.29 is 9.59 Å². The maximum absolute atomic E-state index is 12.7. The molecule has 32 heavy (non-hydrogen) atoms. The third-order valence-corrected chi connectivity index (χ3v) is 5.42. The molecule has 0 saturated heterocycles. The Morgan fingerprint density at radius 1 is 0.938 bits per heavy atom. The first-order chi connectivity index (χ1) is 15.1. The summed E-state index contributed by atoms with van der Waals surface area (Å²) >= 11 is 1.08. The van der Waals surface area contributed by atoms with Crippen molar-refractivity contribution in [2.24, 2.45) is 0 Å². The minimum absolute atomic E-state index is 0.0671. The third kappa shape index (κ3) is 5.82. The number of aromatic nitrogens is 3. The Morgan fingerprint density at radius 3 is 2.22 bits per heavy atom. The van der Waals surface area contributed by atoms with Crippen LogP contribution in [0.5, 0.6) is 0 Å². The first kappa shape index (κ1) is 23.2. The predicted molar refractivity (Wildman–Crippen MR) is 127 cm³/mol. The van der Waals surface area contributed by atoms with E-state index in [1.807, 2.05) is 52.0 Å². The molecule has 0 aliphatic heterocycles. The van der Waals surface area contributed by atoms with Gasteiger partial charge in [-0.2, -0.15) is 0 Å². The van der Waals surface area contributed by atoms with E-state index in [-0.39, 0.29) is 28.4 Å². The van der Waals surface area contributed by atoms with E-state index < -0.39 is 5.56 Å². The molecule has 3 aromatic rings. The highest BCUT2D eigenvalue weighted by Gasteiger charge is 2.16. The molecule has 0 atom stereocenters. The van der Waals surface area contributed by atoms with Gasteiger partial charge in [-0.15, -0.1) is 10.2 Å². The lowest BCUT2D eigenvalue weighted by Gasteiger charge is -2.13. The Labute approximate surface area is 190 Å². The fourth-order valence-corrected chi connectivity index (χ4v) is 4.04. The Bertz CT molecular complexity index is 1230. The van der Waals surface area contributed by atoms with Crippen LogP contribution in [0.15, 0.2) is 40.3 Å². The van der Waals surface area contributed by atoms with Gasteiger partial charge in [-0.1, -0.05) is 29.5 Å². The second-order valence-electron chi connectivity index (χ2n) is 7.71. The van der Waals surface area contributed by atoms with E-state index in [4.69, 9.17) is 0 Å². The summed E-state index contributed by atoms with van der Waals surface area (Å²) in [6, 6.07) is 9.50. The minimum Gasteiger partial charge on any atom is -0.325 e. The molecule has 1 aromatic heterocycles. The summed E-state index contributed by atoms with van der Waals surface area (Å²) in [5, 5.41) is 14.0. The molecule has 0 spiro atoms. The lowest BCUT2D eigenvalue weighted by Crippen LogP contribution is -2.18. The number of aromatic amines is 1. The molecule has 0 fully saturated rings. The van der Waals surface area contributed by atoms with Gasteiger partial charge in [0.1, 0.15) is 0 Å². The number of hydrogen-bond donors (Lipinski definition) is 3. The molecule has 3 N–H and O–H groups in total. The lowest BCUT2D eigenvalue weighted by atomic mass is 10.0. The standard InChI is InChI=1S/C23H25N5O3S/c1-12-6-13(2)9-17(8-12)25-19(30)11-32-23-26-22(31)21(27-28-23)18-10-14(3)7-15(4)20(18)24-16(5)29/h6-10H,11H2,1-5H3,(H,24,29)(H,25,30)(H,26,28,31). The molecule has 0 bridgehead atoms. The van der Waals surface area contributed by atoms with Crippen LogP contribution in [0.4, 0.5) is 11.4 Å². The van der Waals surface area contributed by atoms with Gasteiger partial charge in [0, 0.05) is 18.2 Å². The first-order valence-electron chi connectivity index (χ1n) is 9.99. The van der Waals surface area contributed by atoms with Crippen LogP contribution in [0.1, 0.15) is 29.2 Å². The number of rotatable bonds is 6. The number of nitrogens with zero attached hydrogens (tertiary/aromatic N) is 2. The molecular weight excluding hydrogens is 426 g/mol. The van der Waals surface area contributed by atoms with Gasteiger partial charge in [-0.3, -0.25) is 19.4 Å². The second-order valence-corrected chi connectivity index (χ2v) is 8.67. The van der Waals surface area contributed by atoms with Crippen molar-refractivity contribution in [1.82, 2.24) is 15.2 Å². The van der Waals surface area contributed by atoms with Crippen molar-refractivity contribution in [3.05, 3.63) is 62.9 Å². The van der Waals surface area contributed by atoms with Crippen LogP contribution in [0.2, 0.25) is 0 Å². The van der Waals surface area contributed by atoms with E-state index in [2.05, 4.69) is 25.8 Å². The van der Waals surface area contributed by atoms with Gasteiger partial charge >= 0.3 is 0 Å². The number of hydrogen-bond acceptors (Lipinski definition) is 6. The van der Waals surface area contributed by atoms with Crippen LogP contribution >= 0.6 is 11.8 Å². The van der Waals surface area contributed by atoms with Crippen LogP contribution in [-0.2, 0) is 9.59 Å². The smallest absolute Gasteiger partial charge is 0.278 e. The van der Waals surface area contributed by atoms with Gasteiger partial charge in [0.2, 0.25) is 11.8 Å². The van der Waals surface area contributed by atoms with Crippen molar-refractivity contribution >= 4 is 35.0 Å². The van der Waals surface area contributed by atoms with Gasteiger partial charge in [-0.25, -0.2) is 0 Å². The number of thioether (sulfide) groups is 1. The molecule has 3 rings (SSSR count). The summed E-state index contributed by atoms with van der Waals surface area (Å²) in [4.78, 5) is 39.3. The Hall–Kier alpha value is -3.46. The molecule has 9 heteroatoms. The Morgan fingerprint density at radius 2 is 1.59 bits per heavy atom. The number of carbonyl (C=O) groups is 2. The van der Waals surface area contributed by atoms with Gasteiger partial charge in [0.15, 0.2) is 10.9 Å². The zero-order chi connectivity index (χ0) is 23.4. The van der Waals surface area contributed by atoms with E-state index in [0.717, 1.165) is 39.7 Å². The van der Waals surface area contributed by atoms with E-state index in [0.29, 0.717) is 11.3 Å². The number of aryl methyl sites for hydroxylation is 4. The van der Waals surface area contributed by atoms with Crippen LogP contribution in [0.3, 0.4) is 0 Å². The van der Waals surface area contributed by atoms with E-state index in [1.165, 1.54) is 6.92 Å². The van der Waals surface area contributed by atoms with Crippen LogP contribution in [-0.4, -0.2) is 32.7 Å². The Balaban J connectivity index is 1.77. The molecule has 0 aliphatic rings. The monoisotopic (exact) mass is 451 g/mol.